The van der Waals surface area contributed by atoms with Gasteiger partial charge in [0.15, 0.2) is 0 Å². The molecule has 31 heavy (non-hydrogen) atoms. The van der Waals surface area contributed by atoms with E-state index in [0.29, 0.717) is 17.3 Å². The van der Waals surface area contributed by atoms with Gasteiger partial charge in [0.25, 0.3) is 10.0 Å². The molecule has 1 aliphatic rings. The number of anilines is 1. The van der Waals surface area contributed by atoms with Gasteiger partial charge in [0.2, 0.25) is 5.91 Å². The number of amides is 1. The monoisotopic (exact) mass is 460 g/mol. The first-order chi connectivity index (χ1) is 14.8. The van der Waals surface area contributed by atoms with Gasteiger partial charge in [-0.2, -0.15) is 0 Å². The van der Waals surface area contributed by atoms with Crippen molar-refractivity contribution < 1.29 is 13.2 Å². The topological polar surface area (TPSA) is 66.5 Å². The zero-order valence-corrected chi connectivity index (χ0v) is 19.6. The van der Waals surface area contributed by atoms with Crippen LogP contribution in [-0.2, 0) is 14.8 Å². The Bertz CT molecular complexity index is 1060. The Morgan fingerprint density at radius 1 is 1.06 bits per heavy atom. The van der Waals surface area contributed by atoms with Crippen LogP contribution in [0.1, 0.15) is 43.2 Å². The Labute approximate surface area is 190 Å². The van der Waals surface area contributed by atoms with E-state index in [4.69, 9.17) is 11.6 Å². The molecule has 2 aromatic carbocycles. The first-order valence-corrected chi connectivity index (χ1v) is 12.4. The molecule has 0 saturated heterocycles. The molecule has 0 spiro atoms. The van der Waals surface area contributed by atoms with Crippen LogP contribution in [0, 0.1) is 13.8 Å². The number of carbonyl (C=O) groups excluding carboxylic acids is 1. The summed E-state index contributed by atoms with van der Waals surface area (Å²) in [5, 5.41) is 3.33. The molecule has 166 valence electrons. The molecule has 0 unspecified atom stereocenters. The summed E-state index contributed by atoms with van der Waals surface area (Å²) in [7, 11) is -3.94. The molecule has 2 aromatic rings. The second kappa shape index (κ2) is 10.3. The third-order valence-corrected chi connectivity index (χ3v) is 7.66. The molecule has 0 bridgehead atoms. The summed E-state index contributed by atoms with van der Waals surface area (Å²) >= 11 is 5.92. The molecule has 1 N–H and O–H groups in total. The number of rotatable bonds is 8. The maximum Gasteiger partial charge on any atom is 0.264 e. The van der Waals surface area contributed by atoms with E-state index in [-0.39, 0.29) is 17.3 Å². The van der Waals surface area contributed by atoms with Crippen LogP contribution in [-0.4, -0.2) is 27.4 Å². The Balaban J connectivity index is 1.80. The average Bonchev–Trinajstić information content (AvgIpc) is 2.75. The summed E-state index contributed by atoms with van der Waals surface area (Å²) in [5.74, 6) is -0.327. The normalized spacial score (nSPS) is 14.1. The average molecular weight is 461 g/mol. The Morgan fingerprint density at radius 2 is 1.81 bits per heavy atom. The van der Waals surface area contributed by atoms with E-state index >= 15 is 0 Å². The van der Waals surface area contributed by atoms with Crippen LogP contribution in [0.25, 0.3) is 0 Å². The number of halogens is 1. The SMILES string of the molecule is Cc1ccc(N(CC(=O)NCCC2=CCCCC2)S(=O)(=O)c2ccc(Cl)cc2)cc1C. The van der Waals surface area contributed by atoms with Crippen LogP contribution in [0.15, 0.2) is 59.0 Å². The van der Waals surface area contributed by atoms with Crippen molar-refractivity contribution in [1.29, 1.82) is 0 Å². The van der Waals surface area contributed by atoms with Crippen molar-refractivity contribution in [3.8, 4) is 0 Å². The largest absolute Gasteiger partial charge is 0.354 e. The number of allylic oxidation sites excluding steroid dienone is 1. The summed E-state index contributed by atoms with van der Waals surface area (Å²) in [6, 6.07) is 11.4. The molecular formula is C24H29ClN2O3S. The summed E-state index contributed by atoms with van der Waals surface area (Å²) in [5.41, 5.74) is 3.84. The minimum Gasteiger partial charge on any atom is -0.354 e. The highest BCUT2D eigenvalue weighted by molar-refractivity contribution is 7.92. The van der Waals surface area contributed by atoms with Crippen LogP contribution in [0.3, 0.4) is 0 Å². The van der Waals surface area contributed by atoms with Crippen molar-refractivity contribution in [3.05, 3.63) is 70.3 Å². The lowest BCUT2D eigenvalue weighted by atomic mass is 9.97. The minimum absolute atomic E-state index is 0.0929. The lowest BCUT2D eigenvalue weighted by molar-refractivity contribution is -0.119. The predicted molar refractivity (Wildman–Crippen MR) is 126 cm³/mol. The molecule has 0 atom stereocenters. The van der Waals surface area contributed by atoms with Gasteiger partial charge in [-0.3, -0.25) is 9.10 Å². The highest BCUT2D eigenvalue weighted by atomic mass is 35.5. The smallest absolute Gasteiger partial charge is 0.264 e. The molecule has 5 nitrogen and oxygen atoms in total. The molecule has 0 radical (unpaired) electrons. The fourth-order valence-electron chi connectivity index (χ4n) is 3.61. The van der Waals surface area contributed by atoms with E-state index in [2.05, 4.69) is 11.4 Å². The molecule has 1 aliphatic carbocycles. The Morgan fingerprint density at radius 3 is 2.45 bits per heavy atom. The number of hydrogen-bond donors (Lipinski definition) is 1. The van der Waals surface area contributed by atoms with Crippen molar-refractivity contribution in [2.24, 2.45) is 0 Å². The van der Waals surface area contributed by atoms with Crippen molar-refractivity contribution in [2.75, 3.05) is 17.4 Å². The second-order valence-electron chi connectivity index (χ2n) is 7.94. The Hall–Kier alpha value is -2.31. The van der Waals surface area contributed by atoms with Crippen molar-refractivity contribution in [3.63, 3.8) is 0 Å². The maximum absolute atomic E-state index is 13.4. The Kier molecular flexibility index (Phi) is 7.79. The zero-order chi connectivity index (χ0) is 22.4. The number of nitrogens with one attached hydrogen (secondary N) is 1. The van der Waals surface area contributed by atoms with Gasteiger partial charge in [0.05, 0.1) is 10.6 Å². The third-order valence-electron chi connectivity index (χ3n) is 5.62. The molecule has 1 amide bonds. The lowest BCUT2D eigenvalue weighted by Gasteiger charge is -2.25. The van der Waals surface area contributed by atoms with Crippen molar-refractivity contribution >= 4 is 33.2 Å². The number of nitrogens with zero attached hydrogens (tertiary/aromatic N) is 1. The van der Waals surface area contributed by atoms with Crippen LogP contribution < -0.4 is 9.62 Å². The zero-order valence-electron chi connectivity index (χ0n) is 18.0. The standard InChI is InChI=1S/C24H29ClN2O3S/c1-18-8-11-22(16-19(18)2)27(31(29,30)23-12-9-21(25)10-13-23)17-24(28)26-15-14-20-6-4-3-5-7-20/h6,8-13,16H,3-5,7,14-15,17H2,1-2H3,(H,26,28). The molecular weight excluding hydrogens is 432 g/mol. The first-order valence-electron chi connectivity index (χ1n) is 10.6. The van der Waals surface area contributed by atoms with E-state index in [9.17, 15) is 13.2 Å². The van der Waals surface area contributed by atoms with E-state index in [1.165, 1.54) is 42.7 Å². The van der Waals surface area contributed by atoms with Gasteiger partial charge >= 0.3 is 0 Å². The molecule has 3 rings (SSSR count). The van der Waals surface area contributed by atoms with E-state index in [0.717, 1.165) is 34.7 Å². The van der Waals surface area contributed by atoms with Crippen molar-refractivity contribution in [1.82, 2.24) is 5.32 Å². The van der Waals surface area contributed by atoms with Gasteiger partial charge in [-0.25, -0.2) is 8.42 Å². The summed E-state index contributed by atoms with van der Waals surface area (Å²) in [4.78, 5) is 12.8. The van der Waals surface area contributed by atoms with Crippen LogP contribution in [0.2, 0.25) is 5.02 Å². The number of carbonyl (C=O) groups is 1. The van der Waals surface area contributed by atoms with E-state index in [1.807, 2.05) is 19.9 Å². The fourth-order valence-corrected chi connectivity index (χ4v) is 5.15. The summed E-state index contributed by atoms with van der Waals surface area (Å²) in [6.07, 6.45) is 7.66. The van der Waals surface area contributed by atoms with Crippen LogP contribution in [0.5, 0.6) is 0 Å². The number of hydrogen-bond acceptors (Lipinski definition) is 3. The fraction of sp³-hybridized carbons (Fsp3) is 0.375. The highest BCUT2D eigenvalue weighted by Crippen LogP contribution is 2.26. The number of aryl methyl sites for hydroxylation is 2. The van der Waals surface area contributed by atoms with Crippen LogP contribution >= 0.6 is 11.6 Å². The van der Waals surface area contributed by atoms with Crippen molar-refractivity contribution in [2.45, 2.75) is 50.8 Å². The molecule has 0 fully saturated rings. The maximum atomic E-state index is 13.4. The van der Waals surface area contributed by atoms with Gasteiger partial charge < -0.3 is 5.32 Å². The first kappa shape index (κ1) is 23.4. The second-order valence-corrected chi connectivity index (χ2v) is 10.2. The molecule has 0 saturated carbocycles. The van der Waals surface area contributed by atoms with Gasteiger partial charge in [-0.05, 0) is 93.5 Å². The molecule has 0 aliphatic heterocycles. The third kappa shape index (κ3) is 6.11. The molecule has 0 heterocycles. The van der Waals surface area contributed by atoms with Gasteiger partial charge in [-0.15, -0.1) is 0 Å². The van der Waals surface area contributed by atoms with E-state index in [1.54, 1.807) is 12.1 Å². The van der Waals surface area contributed by atoms with Gasteiger partial charge in [0, 0.05) is 11.6 Å². The highest BCUT2D eigenvalue weighted by Gasteiger charge is 2.27. The number of benzene rings is 2. The predicted octanol–water partition coefficient (Wildman–Crippen LogP) is 5.16. The quantitative estimate of drug-likeness (QED) is 0.553. The lowest BCUT2D eigenvalue weighted by Crippen LogP contribution is -2.41. The summed E-state index contributed by atoms with van der Waals surface area (Å²) in [6.45, 7) is 4.10. The molecule has 7 heteroatoms. The van der Waals surface area contributed by atoms with E-state index < -0.39 is 10.0 Å². The molecule has 0 aromatic heterocycles. The van der Waals surface area contributed by atoms with Crippen LogP contribution in [0.4, 0.5) is 5.69 Å². The minimum atomic E-state index is -3.94. The summed E-state index contributed by atoms with van der Waals surface area (Å²) < 4.78 is 27.9. The van der Waals surface area contributed by atoms with Gasteiger partial charge in [-0.1, -0.05) is 29.3 Å². The van der Waals surface area contributed by atoms with Gasteiger partial charge in [0.1, 0.15) is 6.54 Å². The number of sulfonamides is 1.